The van der Waals surface area contributed by atoms with Gasteiger partial charge in [-0.05, 0) is 17.5 Å². The van der Waals surface area contributed by atoms with Gasteiger partial charge in [0.05, 0.1) is 7.11 Å². The van der Waals surface area contributed by atoms with E-state index in [1.165, 1.54) is 5.39 Å². The lowest BCUT2D eigenvalue weighted by molar-refractivity contribution is 0.403. The molecule has 94 valence electrons. The first-order valence-corrected chi connectivity index (χ1v) is 6.28. The third kappa shape index (κ3) is 1.99. The first kappa shape index (κ1) is 11.3. The molecule has 1 fully saturated rings. The minimum absolute atomic E-state index is 0.710. The first-order valence-electron chi connectivity index (χ1n) is 6.28. The summed E-state index contributed by atoms with van der Waals surface area (Å²) in [7, 11) is 1.68. The van der Waals surface area contributed by atoms with Gasteiger partial charge in [0.15, 0.2) is 0 Å². The van der Waals surface area contributed by atoms with Crippen molar-refractivity contribution in [2.45, 2.75) is 0 Å². The number of pyridine rings is 1. The molecule has 2 heterocycles. The maximum atomic E-state index is 5.41. The molecule has 0 aliphatic carbocycles. The lowest BCUT2D eigenvalue weighted by atomic mass is 10.1. The zero-order chi connectivity index (χ0) is 12.4. The lowest BCUT2D eigenvalue weighted by Gasteiger charge is -2.28. The van der Waals surface area contributed by atoms with E-state index in [-0.39, 0.29) is 0 Å². The zero-order valence-corrected chi connectivity index (χ0v) is 10.5. The summed E-state index contributed by atoms with van der Waals surface area (Å²) < 4.78 is 5.41. The van der Waals surface area contributed by atoms with Gasteiger partial charge in [-0.15, -0.1) is 0 Å². The van der Waals surface area contributed by atoms with Crippen LogP contribution in [0.4, 0.5) is 5.82 Å². The van der Waals surface area contributed by atoms with Crippen molar-refractivity contribution in [1.29, 1.82) is 0 Å². The Bertz CT molecular complexity index is 550. The van der Waals surface area contributed by atoms with Crippen LogP contribution in [0.15, 0.2) is 30.3 Å². The van der Waals surface area contributed by atoms with Crippen molar-refractivity contribution in [2.75, 3.05) is 38.2 Å². The van der Waals surface area contributed by atoms with Gasteiger partial charge in [0, 0.05) is 31.6 Å². The van der Waals surface area contributed by atoms with Gasteiger partial charge in [-0.3, -0.25) is 0 Å². The van der Waals surface area contributed by atoms with E-state index in [9.17, 15) is 0 Å². The summed E-state index contributed by atoms with van der Waals surface area (Å²) in [4.78, 5) is 6.92. The SMILES string of the molecule is COc1nc(N2CCNCC2)cc2ccccc12. The summed E-state index contributed by atoms with van der Waals surface area (Å²) in [6.07, 6.45) is 0. The Hall–Kier alpha value is -1.81. The standard InChI is InChI=1S/C14H17N3O/c1-18-14-12-5-3-2-4-11(12)10-13(16-14)17-8-6-15-7-9-17/h2-5,10,15H,6-9H2,1H3. The van der Waals surface area contributed by atoms with E-state index in [1.54, 1.807) is 7.11 Å². The Kier molecular flexibility index (Phi) is 3.02. The van der Waals surface area contributed by atoms with E-state index >= 15 is 0 Å². The number of ether oxygens (including phenoxy) is 1. The molecule has 1 aromatic carbocycles. The molecule has 0 bridgehead atoms. The minimum atomic E-state index is 0.710. The molecule has 1 N–H and O–H groups in total. The van der Waals surface area contributed by atoms with E-state index in [0.29, 0.717) is 5.88 Å². The third-order valence-electron chi connectivity index (χ3n) is 3.33. The van der Waals surface area contributed by atoms with Crippen molar-refractivity contribution >= 4 is 16.6 Å². The van der Waals surface area contributed by atoms with Gasteiger partial charge in [0.2, 0.25) is 5.88 Å². The van der Waals surface area contributed by atoms with Crippen molar-refractivity contribution < 1.29 is 4.74 Å². The largest absolute Gasteiger partial charge is 0.480 e. The molecular weight excluding hydrogens is 226 g/mol. The molecule has 0 atom stereocenters. The number of benzene rings is 1. The first-order chi connectivity index (χ1) is 8.88. The van der Waals surface area contributed by atoms with Gasteiger partial charge >= 0.3 is 0 Å². The number of rotatable bonds is 2. The highest BCUT2D eigenvalue weighted by atomic mass is 16.5. The second-order valence-corrected chi connectivity index (χ2v) is 4.45. The molecule has 1 aliphatic heterocycles. The van der Waals surface area contributed by atoms with Crippen LogP contribution in [0.3, 0.4) is 0 Å². The Morgan fingerprint density at radius 1 is 1.22 bits per heavy atom. The molecule has 4 nitrogen and oxygen atoms in total. The Balaban J connectivity index is 2.07. The zero-order valence-electron chi connectivity index (χ0n) is 10.5. The number of methoxy groups -OCH3 is 1. The van der Waals surface area contributed by atoms with Crippen molar-refractivity contribution in [2.24, 2.45) is 0 Å². The van der Waals surface area contributed by atoms with Crippen LogP contribution in [0, 0.1) is 0 Å². The number of nitrogens with zero attached hydrogens (tertiary/aromatic N) is 2. The average molecular weight is 243 g/mol. The molecule has 3 rings (SSSR count). The fourth-order valence-electron chi connectivity index (χ4n) is 2.36. The Labute approximate surface area is 107 Å². The molecule has 4 heteroatoms. The Morgan fingerprint density at radius 2 is 2.00 bits per heavy atom. The van der Waals surface area contributed by atoms with Crippen LogP contribution in [-0.2, 0) is 0 Å². The van der Waals surface area contributed by atoms with Crippen molar-refractivity contribution in [3.05, 3.63) is 30.3 Å². The highest BCUT2D eigenvalue weighted by Crippen LogP contribution is 2.27. The number of anilines is 1. The number of fused-ring (bicyclic) bond motifs is 1. The third-order valence-corrected chi connectivity index (χ3v) is 3.33. The van der Waals surface area contributed by atoms with Crippen molar-refractivity contribution in [3.63, 3.8) is 0 Å². The molecule has 18 heavy (non-hydrogen) atoms. The summed E-state index contributed by atoms with van der Waals surface area (Å²) in [5.74, 6) is 1.72. The molecule has 0 radical (unpaired) electrons. The van der Waals surface area contributed by atoms with Gasteiger partial charge in [0.25, 0.3) is 0 Å². The fraction of sp³-hybridized carbons (Fsp3) is 0.357. The predicted octanol–water partition coefficient (Wildman–Crippen LogP) is 1.65. The van der Waals surface area contributed by atoms with Crippen molar-refractivity contribution in [1.82, 2.24) is 10.3 Å². The summed E-state index contributed by atoms with van der Waals surface area (Å²) in [6.45, 7) is 4.01. The summed E-state index contributed by atoms with van der Waals surface area (Å²) >= 11 is 0. The van der Waals surface area contributed by atoms with Gasteiger partial charge in [-0.25, -0.2) is 0 Å². The maximum absolute atomic E-state index is 5.41. The molecule has 0 amide bonds. The van der Waals surface area contributed by atoms with Crippen LogP contribution < -0.4 is 15.0 Å². The minimum Gasteiger partial charge on any atom is -0.480 e. The van der Waals surface area contributed by atoms with E-state index in [0.717, 1.165) is 37.4 Å². The molecule has 1 saturated heterocycles. The topological polar surface area (TPSA) is 37.4 Å². The lowest BCUT2D eigenvalue weighted by Crippen LogP contribution is -2.43. The number of hydrogen-bond acceptors (Lipinski definition) is 4. The number of piperazine rings is 1. The van der Waals surface area contributed by atoms with Crippen LogP contribution >= 0.6 is 0 Å². The van der Waals surface area contributed by atoms with Crippen LogP contribution in [0.1, 0.15) is 0 Å². The number of nitrogens with one attached hydrogen (secondary N) is 1. The van der Waals surface area contributed by atoms with Gasteiger partial charge in [0.1, 0.15) is 5.82 Å². The molecule has 0 spiro atoms. The van der Waals surface area contributed by atoms with E-state index in [2.05, 4.69) is 27.3 Å². The molecule has 2 aromatic rings. The van der Waals surface area contributed by atoms with E-state index < -0.39 is 0 Å². The molecular formula is C14H17N3O. The highest BCUT2D eigenvalue weighted by Gasteiger charge is 2.14. The van der Waals surface area contributed by atoms with Crippen LogP contribution in [-0.4, -0.2) is 38.3 Å². The maximum Gasteiger partial charge on any atom is 0.223 e. The van der Waals surface area contributed by atoms with Crippen LogP contribution in [0.2, 0.25) is 0 Å². The van der Waals surface area contributed by atoms with Gasteiger partial charge < -0.3 is 15.0 Å². The molecule has 0 unspecified atom stereocenters. The fourth-order valence-corrected chi connectivity index (χ4v) is 2.36. The van der Waals surface area contributed by atoms with E-state index in [1.807, 2.05) is 18.2 Å². The highest BCUT2D eigenvalue weighted by molar-refractivity contribution is 5.89. The Morgan fingerprint density at radius 3 is 2.78 bits per heavy atom. The predicted molar refractivity (Wildman–Crippen MR) is 73.4 cm³/mol. The van der Waals surface area contributed by atoms with E-state index in [4.69, 9.17) is 4.74 Å². The average Bonchev–Trinajstić information content (AvgIpc) is 2.47. The van der Waals surface area contributed by atoms with Crippen molar-refractivity contribution in [3.8, 4) is 5.88 Å². The van der Waals surface area contributed by atoms with Gasteiger partial charge in [-0.2, -0.15) is 4.98 Å². The smallest absolute Gasteiger partial charge is 0.223 e. The van der Waals surface area contributed by atoms with Crippen LogP contribution in [0.25, 0.3) is 10.8 Å². The summed E-state index contributed by atoms with van der Waals surface area (Å²) in [5.41, 5.74) is 0. The normalized spacial score (nSPS) is 15.9. The number of aromatic nitrogens is 1. The molecule has 1 aliphatic rings. The number of hydrogen-bond donors (Lipinski definition) is 1. The molecule has 1 aromatic heterocycles. The molecule has 0 saturated carbocycles. The second-order valence-electron chi connectivity index (χ2n) is 4.45. The second kappa shape index (κ2) is 4.82. The van der Waals surface area contributed by atoms with Crippen LogP contribution in [0.5, 0.6) is 5.88 Å². The monoisotopic (exact) mass is 243 g/mol. The summed E-state index contributed by atoms with van der Waals surface area (Å²) in [6, 6.07) is 10.3. The van der Waals surface area contributed by atoms with Gasteiger partial charge in [-0.1, -0.05) is 18.2 Å². The summed E-state index contributed by atoms with van der Waals surface area (Å²) in [5, 5.41) is 5.60. The quantitative estimate of drug-likeness (QED) is 0.870.